The number of piperazine rings is 1. The quantitative estimate of drug-likeness (QED) is 0.768. The summed E-state index contributed by atoms with van der Waals surface area (Å²) in [6.45, 7) is 17.0. The van der Waals surface area contributed by atoms with E-state index < -0.39 is 0 Å². The molecule has 2 aliphatic rings. The van der Waals surface area contributed by atoms with Crippen molar-refractivity contribution in [1.82, 2.24) is 15.5 Å². The molecule has 0 aromatic carbocycles. The van der Waals surface area contributed by atoms with Gasteiger partial charge in [0, 0.05) is 31.0 Å². The van der Waals surface area contributed by atoms with Crippen LogP contribution in [0.3, 0.4) is 0 Å². The Balaban J connectivity index is 0.000000741. The third kappa shape index (κ3) is 4.23. The average molecular weight is 269 g/mol. The highest BCUT2D eigenvalue weighted by Crippen LogP contribution is 2.23. The maximum Gasteiger partial charge on any atom is 0.248 e. The van der Waals surface area contributed by atoms with Crippen LogP contribution < -0.4 is 10.6 Å². The summed E-state index contributed by atoms with van der Waals surface area (Å²) >= 11 is 0. The Morgan fingerprint density at radius 3 is 2.32 bits per heavy atom. The Kier molecular flexibility index (Phi) is 8.48. The van der Waals surface area contributed by atoms with E-state index >= 15 is 0 Å². The zero-order valence-electron chi connectivity index (χ0n) is 13.6. The molecule has 4 nitrogen and oxygen atoms in total. The molecular formula is C15H31N3O. The van der Waals surface area contributed by atoms with Gasteiger partial charge >= 0.3 is 0 Å². The van der Waals surface area contributed by atoms with E-state index in [0.717, 1.165) is 25.3 Å². The summed E-state index contributed by atoms with van der Waals surface area (Å²) in [5, 5.41) is 6.28. The van der Waals surface area contributed by atoms with Gasteiger partial charge in [0.2, 0.25) is 5.91 Å². The van der Waals surface area contributed by atoms with Crippen molar-refractivity contribution < 1.29 is 4.79 Å². The molecule has 0 spiro atoms. The first-order valence-corrected chi connectivity index (χ1v) is 7.60. The number of allylic oxidation sites excluding steroid dienone is 2. The largest absolute Gasteiger partial charge is 0.359 e. The van der Waals surface area contributed by atoms with Crippen molar-refractivity contribution in [2.24, 2.45) is 5.92 Å². The Morgan fingerprint density at radius 2 is 1.79 bits per heavy atom. The molecule has 2 N–H and O–H groups in total. The normalized spacial score (nSPS) is 21.8. The van der Waals surface area contributed by atoms with Crippen molar-refractivity contribution in [2.45, 2.75) is 54.5 Å². The van der Waals surface area contributed by atoms with E-state index in [1.807, 2.05) is 27.7 Å². The molecule has 4 heteroatoms. The predicted octanol–water partition coefficient (Wildman–Crippen LogP) is 2.33. The number of hydrogen-bond donors (Lipinski definition) is 2. The molecule has 2 rings (SSSR count). The van der Waals surface area contributed by atoms with Gasteiger partial charge in [-0.25, -0.2) is 0 Å². The van der Waals surface area contributed by atoms with Crippen molar-refractivity contribution in [1.29, 1.82) is 0 Å². The van der Waals surface area contributed by atoms with Crippen LogP contribution in [0, 0.1) is 5.92 Å². The maximum absolute atomic E-state index is 11.9. The first-order chi connectivity index (χ1) is 9.11. The van der Waals surface area contributed by atoms with Gasteiger partial charge in [-0.05, 0) is 12.8 Å². The van der Waals surface area contributed by atoms with Crippen LogP contribution >= 0.6 is 0 Å². The smallest absolute Gasteiger partial charge is 0.248 e. The van der Waals surface area contributed by atoms with Crippen LogP contribution in [0.15, 0.2) is 11.4 Å². The lowest BCUT2D eigenvalue weighted by atomic mass is 10.0. The van der Waals surface area contributed by atoms with Gasteiger partial charge in [-0.1, -0.05) is 41.5 Å². The SMILES string of the molecule is CC.CC.CC1=C(C(C)C)NC(=O)C2CNCCN12. The van der Waals surface area contributed by atoms with E-state index in [1.165, 1.54) is 5.70 Å². The molecule has 0 bridgehead atoms. The van der Waals surface area contributed by atoms with Crippen LogP contribution in [-0.4, -0.2) is 36.5 Å². The number of rotatable bonds is 1. The van der Waals surface area contributed by atoms with Gasteiger partial charge in [-0.15, -0.1) is 0 Å². The van der Waals surface area contributed by atoms with E-state index in [0.29, 0.717) is 5.92 Å². The summed E-state index contributed by atoms with van der Waals surface area (Å²) in [6, 6.07) is -0.0127. The van der Waals surface area contributed by atoms with E-state index in [4.69, 9.17) is 0 Å². The molecule has 2 aliphatic heterocycles. The molecule has 0 aromatic heterocycles. The van der Waals surface area contributed by atoms with Crippen molar-refractivity contribution in [3.8, 4) is 0 Å². The topological polar surface area (TPSA) is 44.4 Å². The molecule has 1 fully saturated rings. The number of hydrogen-bond acceptors (Lipinski definition) is 3. The fourth-order valence-corrected chi connectivity index (χ4v) is 2.36. The Bertz CT molecular complexity index is 311. The molecule has 0 radical (unpaired) electrons. The van der Waals surface area contributed by atoms with Crippen LogP contribution in [-0.2, 0) is 4.79 Å². The van der Waals surface area contributed by atoms with E-state index in [9.17, 15) is 4.79 Å². The molecular weight excluding hydrogens is 238 g/mol. The van der Waals surface area contributed by atoms with E-state index in [2.05, 4.69) is 36.3 Å². The number of fused-ring (bicyclic) bond motifs is 1. The van der Waals surface area contributed by atoms with Gasteiger partial charge in [0.25, 0.3) is 0 Å². The third-order valence-electron chi connectivity index (χ3n) is 3.20. The molecule has 1 atom stereocenters. The van der Waals surface area contributed by atoms with E-state index in [-0.39, 0.29) is 11.9 Å². The highest BCUT2D eigenvalue weighted by atomic mass is 16.2. The van der Waals surface area contributed by atoms with Gasteiger partial charge in [0.05, 0.1) is 0 Å². The Labute approximate surface area is 118 Å². The van der Waals surface area contributed by atoms with Gasteiger partial charge in [0.15, 0.2) is 0 Å². The number of amides is 1. The van der Waals surface area contributed by atoms with Crippen LogP contribution in [0.2, 0.25) is 0 Å². The Hall–Kier alpha value is -1.03. The molecule has 1 unspecified atom stereocenters. The first-order valence-electron chi connectivity index (χ1n) is 7.60. The van der Waals surface area contributed by atoms with Gasteiger partial charge in [-0.2, -0.15) is 0 Å². The fraction of sp³-hybridized carbons (Fsp3) is 0.800. The second-order valence-corrected chi connectivity index (χ2v) is 4.56. The summed E-state index contributed by atoms with van der Waals surface area (Å²) in [6.07, 6.45) is 0. The number of nitrogens with one attached hydrogen (secondary N) is 2. The maximum atomic E-state index is 11.9. The first kappa shape index (κ1) is 18.0. The van der Waals surface area contributed by atoms with Gasteiger partial charge < -0.3 is 15.5 Å². The molecule has 0 aromatic rings. The summed E-state index contributed by atoms with van der Waals surface area (Å²) in [4.78, 5) is 14.1. The number of carbonyl (C=O) groups is 1. The lowest BCUT2D eigenvalue weighted by Crippen LogP contribution is -2.60. The van der Waals surface area contributed by atoms with Gasteiger partial charge in [0.1, 0.15) is 6.04 Å². The predicted molar refractivity (Wildman–Crippen MR) is 81.7 cm³/mol. The zero-order valence-corrected chi connectivity index (χ0v) is 13.6. The lowest BCUT2D eigenvalue weighted by Gasteiger charge is -2.42. The minimum atomic E-state index is -0.0127. The van der Waals surface area contributed by atoms with Crippen LogP contribution in [0.1, 0.15) is 48.5 Å². The summed E-state index contributed by atoms with van der Waals surface area (Å²) in [5.74, 6) is 0.515. The van der Waals surface area contributed by atoms with Crippen LogP contribution in [0.25, 0.3) is 0 Å². The molecule has 1 amide bonds. The van der Waals surface area contributed by atoms with Crippen molar-refractivity contribution in [3.05, 3.63) is 11.4 Å². The second-order valence-electron chi connectivity index (χ2n) is 4.56. The minimum Gasteiger partial charge on any atom is -0.359 e. The van der Waals surface area contributed by atoms with Crippen LogP contribution in [0.4, 0.5) is 0 Å². The minimum absolute atomic E-state index is 0.0127. The molecule has 112 valence electrons. The van der Waals surface area contributed by atoms with Crippen molar-refractivity contribution in [3.63, 3.8) is 0 Å². The summed E-state index contributed by atoms with van der Waals surface area (Å²) in [7, 11) is 0. The Morgan fingerprint density at radius 1 is 1.21 bits per heavy atom. The highest BCUT2D eigenvalue weighted by Gasteiger charge is 2.34. The monoisotopic (exact) mass is 269 g/mol. The number of nitrogens with zero attached hydrogens (tertiary/aromatic N) is 1. The van der Waals surface area contributed by atoms with Crippen molar-refractivity contribution in [2.75, 3.05) is 19.6 Å². The highest BCUT2D eigenvalue weighted by molar-refractivity contribution is 5.85. The van der Waals surface area contributed by atoms with Crippen LogP contribution in [0.5, 0.6) is 0 Å². The van der Waals surface area contributed by atoms with E-state index in [1.54, 1.807) is 0 Å². The summed E-state index contributed by atoms with van der Waals surface area (Å²) < 4.78 is 0. The molecule has 0 aliphatic carbocycles. The third-order valence-corrected chi connectivity index (χ3v) is 3.20. The standard InChI is InChI=1S/C11H19N3O.2C2H6/c1-7(2)10-8(3)14-5-4-12-6-9(14)11(15)13-10;2*1-2/h7,9,12H,4-6H2,1-3H3,(H,13,15);2*1-2H3. The molecule has 1 saturated heterocycles. The molecule has 19 heavy (non-hydrogen) atoms. The fourth-order valence-electron chi connectivity index (χ4n) is 2.36. The van der Waals surface area contributed by atoms with Gasteiger partial charge in [-0.3, -0.25) is 4.79 Å². The van der Waals surface area contributed by atoms with Crippen molar-refractivity contribution >= 4 is 5.91 Å². The lowest BCUT2D eigenvalue weighted by molar-refractivity contribution is -0.126. The number of carbonyl (C=O) groups excluding carboxylic acids is 1. The second kappa shape index (κ2) is 8.97. The molecule has 0 saturated carbocycles. The zero-order chi connectivity index (χ0) is 15.0. The molecule has 2 heterocycles. The summed E-state index contributed by atoms with van der Waals surface area (Å²) in [5.41, 5.74) is 2.31. The average Bonchev–Trinajstić information content (AvgIpc) is 2.47.